The Kier molecular flexibility index (Phi) is 3.53. The van der Waals surface area contributed by atoms with E-state index < -0.39 is 27.5 Å². The van der Waals surface area contributed by atoms with Crippen molar-refractivity contribution in [3.63, 3.8) is 0 Å². The molecule has 0 aliphatic heterocycles. The quantitative estimate of drug-likeness (QED) is 0.814. The number of halogens is 2. The Morgan fingerprint density at radius 3 is 2.26 bits per heavy atom. The van der Waals surface area contributed by atoms with E-state index in [1.807, 2.05) is 0 Å². The Bertz CT molecular complexity index is 694. The molecule has 0 saturated heterocycles. The molecule has 0 aromatic heterocycles. The molecule has 2 rings (SSSR count). The zero-order valence-electron chi connectivity index (χ0n) is 9.93. The van der Waals surface area contributed by atoms with Crippen molar-refractivity contribution < 1.29 is 21.4 Å². The first-order valence-corrected chi connectivity index (χ1v) is 6.75. The molecular formula is C13H10F2O3S. The van der Waals surface area contributed by atoms with Gasteiger partial charge in [0.15, 0.2) is 11.6 Å². The lowest BCUT2D eigenvalue weighted by molar-refractivity contribution is 0.457. The number of aryl methyl sites for hydroxylation is 1. The lowest BCUT2D eigenvalue weighted by Crippen LogP contribution is -2.10. The van der Waals surface area contributed by atoms with Gasteiger partial charge in [-0.25, -0.2) is 8.78 Å². The van der Waals surface area contributed by atoms with Crippen molar-refractivity contribution >= 4 is 10.1 Å². The molecule has 0 radical (unpaired) electrons. The molecular weight excluding hydrogens is 274 g/mol. The predicted molar refractivity (Wildman–Crippen MR) is 65.4 cm³/mol. The van der Waals surface area contributed by atoms with Crippen LogP contribution in [0, 0.1) is 18.6 Å². The molecule has 3 nitrogen and oxygen atoms in total. The molecule has 0 aliphatic carbocycles. The molecule has 0 amide bonds. The van der Waals surface area contributed by atoms with Crippen molar-refractivity contribution in [2.45, 2.75) is 11.8 Å². The first kappa shape index (κ1) is 13.5. The zero-order valence-corrected chi connectivity index (χ0v) is 10.7. The Labute approximate surface area is 109 Å². The van der Waals surface area contributed by atoms with Crippen molar-refractivity contribution in [1.82, 2.24) is 0 Å². The van der Waals surface area contributed by atoms with Crippen LogP contribution in [0.4, 0.5) is 8.78 Å². The van der Waals surface area contributed by atoms with Gasteiger partial charge in [-0.05, 0) is 31.2 Å². The summed E-state index contributed by atoms with van der Waals surface area (Å²) in [6.45, 7) is 1.80. The molecule has 0 N–H and O–H groups in total. The van der Waals surface area contributed by atoms with Gasteiger partial charge in [0.25, 0.3) is 0 Å². The molecule has 2 aromatic rings. The van der Waals surface area contributed by atoms with Gasteiger partial charge in [-0.2, -0.15) is 8.42 Å². The van der Waals surface area contributed by atoms with Gasteiger partial charge in [0.1, 0.15) is 10.7 Å². The lowest BCUT2D eigenvalue weighted by atomic mass is 10.2. The van der Waals surface area contributed by atoms with Crippen LogP contribution in [0.15, 0.2) is 47.4 Å². The number of benzene rings is 2. The molecule has 0 heterocycles. The summed E-state index contributed by atoms with van der Waals surface area (Å²) in [5.74, 6) is -2.40. The van der Waals surface area contributed by atoms with Crippen molar-refractivity contribution in [1.29, 1.82) is 0 Å². The van der Waals surface area contributed by atoms with Gasteiger partial charge >= 0.3 is 10.1 Å². The van der Waals surface area contributed by atoms with E-state index in [2.05, 4.69) is 4.18 Å². The maximum absolute atomic E-state index is 13.3. The molecule has 100 valence electrons. The average molecular weight is 284 g/mol. The summed E-state index contributed by atoms with van der Waals surface area (Å²) in [6, 6.07) is 8.19. The highest BCUT2D eigenvalue weighted by Gasteiger charge is 2.19. The van der Waals surface area contributed by atoms with Crippen LogP contribution < -0.4 is 4.18 Å². The normalized spacial score (nSPS) is 11.3. The van der Waals surface area contributed by atoms with Crippen molar-refractivity contribution in [2.24, 2.45) is 0 Å². The van der Waals surface area contributed by atoms with Crippen LogP contribution >= 0.6 is 0 Å². The topological polar surface area (TPSA) is 43.4 Å². The van der Waals surface area contributed by atoms with E-state index in [-0.39, 0.29) is 4.90 Å². The molecule has 0 saturated carbocycles. The zero-order chi connectivity index (χ0) is 14.0. The summed E-state index contributed by atoms with van der Waals surface area (Å²) in [5, 5.41) is 0. The van der Waals surface area contributed by atoms with E-state index in [1.165, 1.54) is 12.1 Å². The number of rotatable bonds is 3. The van der Waals surface area contributed by atoms with Crippen LogP contribution in [-0.2, 0) is 10.1 Å². The number of hydrogen-bond acceptors (Lipinski definition) is 3. The standard InChI is InChI=1S/C13H10F2O3S/c1-9-2-5-11(6-3-9)19(16,17)18-13-8-10(14)4-7-12(13)15/h2-8H,1H3. The summed E-state index contributed by atoms with van der Waals surface area (Å²) in [5.41, 5.74) is 0.871. The fourth-order valence-electron chi connectivity index (χ4n) is 1.41. The molecule has 0 fully saturated rings. The van der Waals surface area contributed by atoms with Crippen LogP contribution in [-0.4, -0.2) is 8.42 Å². The molecule has 6 heteroatoms. The molecule has 0 spiro atoms. The summed E-state index contributed by atoms with van der Waals surface area (Å²) < 4.78 is 54.6. The van der Waals surface area contributed by atoms with Gasteiger partial charge in [-0.3, -0.25) is 0 Å². The first-order chi connectivity index (χ1) is 8.88. The average Bonchev–Trinajstić information content (AvgIpc) is 2.34. The summed E-state index contributed by atoms with van der Waals surface area (Å²) in [6.07, 6.45) is 0. The van der Waals surface area contributed by atoms with Crippen molar-refractivity contribution in [3.05, 3.63) is 59.7 Å². The lowest BCUT2D eigenvalue weighted by Gasteiger charge is -2.08. The Hall–Kier alpha value is -1.95. The second kappa shape index (κ2) is 4.97. The molecule has 0 bridgehead atoms. The fraction of sp³-hybridized carbons (Fsp3) is 0.0769. The minimum atomic E-state index is -4.18. The Morgan fingerprint density at radius 1 is 1.00 bits per heavy atom. The predicted octanol–water partition coefficient (Wildman–Crippen LogP) is 3.04. The molecule has 0 aliphatic rings. The maximum atomic E-state index is 13.3. The molecule has 0 atom stereocenters. The van der Waals surface area contributed by atoms with Gasteiger partial charge in [0.2, 0.25) is 0 Å². The van der Waals surface area contributed by atoms with E-state index in [4.69, 9.17) is 0 Å². The third-order valence-electron chi connectivity index (χ3n) is 2.40. The Balaban J connectivity index is 2.36. The van der Waals surface area contributed by atoms with Crippen LogP contribution in [0.2, 0.25) is 0 Å². The SMILES string of the molecule is Cc1ccc(S(=O)(=O)Oc2cc(F)ccc2F)cc1. The second-order valence-corrected chi connectivity index (χ2v) is 5.47. The minimum Gasteiger partial charge on any atom is -0.376 e. The first-order valence-electron chi connectivity index (χ1n) is 5.35. The van der Waals surface area contributed by atoms with Gasteiger partial charge < -0.3 is 4.18 Å². The summed E-state index contributed by atoms with van der Waals surface area (Å²) in [4.78, 5) is -0.123. The van der Waals surface area contributed by atoms with Crippen LogP contribution in [0.1, 0.15) is 5.56 Å². The van der Waals surface area contributed by atoms with E-state index in [9.17, 15) is 17.2 Å². The molecule has 2 aromatic carbocycles. The minimum absolute atomic E-state index is 0.123. The second-order valence-electron chi connectivity index (χ2n) is 3.93. The van der Waals surface area contributed by atoms with E-state index >= 15 is 0 Å². The van der Waals surface area contributed by atoms with Crippen molar-refractivity contribution in [2.75, 3.05) is 0 Å². The van der Waals surface area contributed by atoms with Crippen LogP contribution in [0.3, 0.4) is 0 Å². The van der Waals surface area contributed by atoms with Crippen LogP contribution in [0.5, 0.6) is 5.75 Å². The van der Waals surface area contributed by atoms with Crippen molar-refractivity contribution in [3.8, 4) is 5.75 Å². The highest BCUT2D eigenvalue weighted by Crippen LogP contribution is 2.23. The highest BCUT2D eigenvalue weighted by atomic mass is 32.2. The Morgan fingerprint density at radius 2 is 1.63 bits per heavy atom. The third-order valence-corrected chi connectivity index (χ3v) is 3.65. The molecule has 19 heavy (non-hydrogen) atoms. The maximum Gasteiger partial charge on any atom is 0.339 e. The van der Waals surface area contributed by atoms with Gasteiger partial charge in [0, 0.05) is 6.07 Å². The smallest absolute Gasteiger partial charge is 0.339 e. The highest BCUT2D eigenvalue weighted by molar-refractivity contribution is 7.87. The van der Waals surface area contributed by atoms with E-state index in [0.29, 0.717) is 6.07 Å². The van der Waals surface area contributed by atoms with Gasteiger partial charge in [-0.15, -0.1) is 0 Å². The summed E-state index contributed by atoms with van der Waals surface area (Å²) >= 11 is 0. The largest absolute Gasteiger partial charge is 0.376 e. The fourth-order valence-corrected chi connectivity index (χ4v) is 2.34. The number of hydrogen-bond donors (Lipinski definition) is 0. The summed E-state index contributed by atoms with van der Waals surface area (Å²) in [7, 11) is -4.18. The molecule has 0 unspecified atom stereocenters. The third kappa shape index (κ3) is 3.08. The monoisotopic (exact) mass is 284 g/mol. The van der Waals surface area contributed by atoms with Gasteiger partial charge in [0.05, 0.1) is 0 Å². The van der Waals surface area contributed by atoms with E-state index in [1.54, 1.807) is 19.1 Å². The van der Waals surface area contributed by atoms with E-state index in [0.717, 1.165) is 17.7 Å². The van der Waals surface area contributed by atoms with Crippen LogP contribution in [0.25, 0.3) is 0 Å². The van der Waals surface area contributed by atoms with Gasteiger partial charge in [-0.1, -0.05) is 17.7 Å².